The molecule has 0 N–H and O–H groups in total. The van der Waals surface area contributed by atoms with Crippen molar-refractivity contribution < 1.29 is 0 Å². The van der Waals surface area contributed by atoms with Crippen molar-refractivity contribution >= 4 is 18.7 Å². The van der Waals surface area contributed by atoms with Gasteiger partial charge in [-0.2, -0.15) is 0 Å². The summed E-state index contributed by atoms with van der Waals surface area (Å²) < 4.78 is 0. The number of benzene rings is 1. The van der Waals surface area contributed by atoms with Gasteiger partial charge in [0.25, 0.3) is 0 Å². The lowest BCUT2D eigenvalue weighted by Gasteiger charge is -2.20. The summed E-state index contributed by atoms with van der Waals surface area (Å²) in [5.41, 5.74) is 1.79. The predicted octanol–water partition coefficient (Wildman–Crippen LogP) is 4.17. The molecular weight excluding hydrogens is 175 g/mol. The Kier molecular flexibility index (Phi) is 1.96. The molecule has 0 aliphatic heterocycles. The third-order valence-corrected chi connectivity index (χ3v) is 3.58. The normalized spacial score (nSPS) is 12.8. The number of hydrogen-bond donors (Lipinski definition) is 0. The summed E-state index contributed by atoms with van der Waals surface area (Å²) in [4.78, 5) is 0. The Labute approximate surface area is 81.1 Å². The molecule has 68 valence electrons. The lowest BCUT2D eigenvalue weighted by molar-refractivity contribution is 0.597. The molecule has 0 saturated carbocycles. The second-order valence-electron chi connectivity index (χ2n) is 4.50. The maximum Gasteiger partial charge on any atom is 0.00190 e. The van der Waals surface area contributed by atoms with Crippen LogP contribution < -0.4 is 0 Å². The molecule has 0 saturated heterocycles. The second-order valence-corrected chi connectivity index (χ2v) is 5.62. The minimum absolute atomic E-state index is 0.282. The van der Waals surface area contributed by atoms with Gasteiger partial charge in [-0.25, -0.2) is 0 Å². The van der Waals surface area contributed by atoms with Gasteiger partial charge in [0.05, 0.1) is 0 Å². The van der Waals surface area contributed by atoms with E-state index in [-0.39, 0.29) is 5.41 Å². The lowest BCUT2D eigenvalue weighted by Crippen LogP contribution is -2.10. The molecule has 0 amide bonds. The summed E-state index contributed by atoms with van der Waals surface area (Å²) >= 11 is 0. The minimum Gasteiger partial charge on any atom is -0.131 e. The Morgan fingerprint density at radius 3 is 2.54 bits per heavy atom. The summed E-state index contributed by atoms with van der Waals surface area (Å²) in [6.45, 7) is 6.85. The first-order chi connectivity index (χ1) is 6.09. The molecule has 2 aromatic rings. The van der Waals surface area contributed by atoms with Gasteiger partial charge in [0.1, 0.15) is 0 Å². The molecule has 13 heavy (non-hydrogen) atoms. The van der Waals surface area contributed by atoms with Crippen LogP contribution >= 0.6 is 8.19 Å². The number of hydrogen-bond acceptors (Lipinski definition) is 0. The Morgan fingerprint density at radius 1 is 1.08 bits per heavy atom. The molecule has 0 aliphatic rings. The molecule has 1 aromatic heterocycles. The largest absolute Gasteiger partial charge is 0.131 e. The maximum atomic E-state index is 2.28. The van der Waals surface area contributed by atoms with E-state index in [0.29, 0.717) is 0 Å². The van der Waals surface area contributed by atoms with Crippen LogP contribution in [0.4, 0.5) is 0 Å². The van der Waals surface area contributed by atoms with E-state index in [2.05, 4.69) is 50.8 Å². The topological polar surface area (TPSA) is 0 Å². The quantitative estimate of drug-likeness (QED) is 0.585. The standard InChI is InChI=1S/C12H15P/c1-12(2,3)10-6-4-5-9-7-8-13-11(9)10/h4-8,13H,1-3H3. The van der Waals surface area contributed by atoms with Crippen LogP contribution in [0.15, 0.2) is 30.1 Å². The van der Waals surface area contributed by atoms with Gasteiger partial charge in [0.15, 0.2) is 0 Å². The first-order valence-corrected chi connectivity index (χ1v) is 5.73. The van der Waals surface area contributed by atoms with Gasteiger partial charge in [-0.3, -0.25) is 0 Å². The lowest BCUT2D eigenvalue weighted by atomic mass is 9.86. The first-order valence-electron chi connectivity index (χ1n) is 4.65. The van der Waals surface area contributed by atoms with Crippen LogP contribution in [-0.2, 0) is 5.41 Å². The Morgan fingerprint density at radius 2 is 1.85 bits per heavy atom. The van der Waals surface area contributed by atoms with E-state index in [0.717, 1.165) is 8.19 Å². The highest BCUT2D eigenvalue weighted by Gasteiger charge is 2.16. The van der Waals surface area contributed by atoms with Gasteiger partial charge in [-0.05, 0) is 22.2 Å². The molecule has 0 fully saturated rings. The van der Waals surface area contributed by atoms with Gasteiger partial charge >= 0.3 is 0 Å². The van der Waals surface area contributed by atoms with Crippen molar-refractivity contribution in [2.24, 2.45) is 0 Å². The number of rotatable bonds is 0. The summed E-state index contributed by atoms with van der Waals surface area (Å²) in [5.74, 6) is 2.28. The Balaban J connectivity index is 2.75. The minimum atomic E-state index is 0.282. The molecule has 2 rings (SSSR count). The second kappa shape index (κ2) is 2.89. The van der Waals surface area contributed by atoms with Crippen molar-refractivity contribution in [2.75, 3.05) is 0 Å². The van der Waals surface area contributed by atoms with Gasteiger partial charge < -0.3 is 0 Å². The van der Waals surface area contributed by atoms with Crippen molar-refractivity contribution in [3.05, 3.63) is 35.6 Å². The molecule has 1 heteroatoms. The van der Waals surface area contributed by atoms with Crippen molar-refractivity contribution in [2.45, 2.75) is 26.2 Å². The molecule has 0 aliphatic carbocycles. The predicted molar refractivity (Wildman–Crippen MR) is 62.1 cm³/mol. The molecule has 0 radical (unpaired) electrons. The zero-order valence-electron chi connectivity index (χ0n) is 8.39. The summed E-state index contributed by atoms with van der Waals surface area (Å²) in [7, 11) is 0.872. The van der Waals surface area contributed by atoms with Gasteiger partial charge in [0.2, 0.25) is 0 Å². The average molecular weight is 190 g/mol. The third-order valence-electron chi connectivity index (χ3n) is 2.40. The van der Waals surface area contributed by atoms with Crippen LogP contribution in [0.3, 0.4) is 0 Å². The summed E-state index contributed by atoms with van der Waals surface area (Å²) in [6, 6.07) is 8.88. The fourth-order valence-corrected chi connectivity index (χ4v) is 3.09. The van der Waals surface area contributed by atoms with Crippen molar-refractivity contribution in [1.29, 1.82) is 0 Å². The summed E-state index contributed by atoms with van der Waals surface area (Å²) in [5, 5.41) is 2.97. The molecule has 1 heterocycles. The molecular formula is C12H15P. The fraction of sp³-hybridized carbons (Fsp3) is 0.333. The van der Waals surface area contributed by atoms with Gasteiger partial charge in [0, 0.05) is 5.12 Å². The highest BCUT2D eigenvalue weighted by molar-refractivity contribution is 7.36. The molecule has 1 aromatic carbocycles. The van der Waals surface area contributed by atoms with Crippen LogP contribution in [0.5, 0.6) is 0 Å². The third kappa shape index (κ3) is 1.51. The van der Waals surface area contributed by atoms with Crippen LogP contribution in [-0.4, -0.2) is 0 Å². The van der Waals surface area contributed by atoms with E-state index in [9.17, 15) is 0 Å². The van der Waals surface area contributed by atoms with Crippen LogP contribution in [0.2, 0.25) is 0 Å². The molecule has 1 atom stereocenters. The van der Waals surface area contributed by atoms with Crippen molar-refractivity contribution in [1.82, 2.24) is 0 Å². The summed E-state index contributed by atoms with van der Waals surface area (Å²) in [6.07, 6.45) is 0. The first kappa shape index (κ1) is 8.84. The zero-order chi connectivity index (χ0) is 9.47. The Hall–Kier alpha value is -0.740. The van der Waals surface area contributed by atoms with Gasteiger partial charge in [-0.15, -0.1) is 8.19 Å². The highest BCUT2D eigenvalue weighted by atomic mass is 31.0. The average Bonchev–Trinajstić information content (AvgIpc) is 2.48. The van der Waals surface area contributed by atoms with Gasteiger partial charge in [-0.1, -0.05) is 45.0 Å². The van der Waals surface area contributed by atoms with Crippen molar-refractivity contribution in [3.63, 3.8) is 0 Å². The smallest absolute Gasteiger partial charge is 0.00190 e. The molecule has 1 unspecified atom stereocenters. The van der Waals surface area contributed by atoms with Crippen molar-refractivity contribution in [3.8, 4) is 0 Å². The molecule has 0 bridgehead atoms. The van der Waals surface area contributed by atoms with Crippen LogP contribution in [0.25, 0.3) is 10.5 Å². The highest BCUT2D eigenvalue weighted by Crippen LogP contribution is 2.35. The van der Waals surface area contributed by atoms with Crippen LogP contribution in [0.1, 0.15) is 26.3 Å². The maximum absolute atomic E-state index is 2.28. The monoisotopic (exact) mass is 190 g/mol. The SMILES string of the molecule is CC(C)(C)c1cccc2cc[pH]c12. The molecule has 0 nitrogen and oxygen atoms in total. The van der Waals surface area contributed by atoms with E-state index in [1.54, 1.807) is 5.12 Å². The van der Waals surface area contributed by atoms with E-state index in [1.165, 1.54) is 10.9 Å². The van der Waals surface area contributed by atoms with E-state index in [4.69, 9.17) is 0 Å². The van der Waals surface area contributed by atoms with E-state index in [1.807, 2.05) is 0 Å². The Bertz CT molecular complexity index is 418. The zero-order valence-corrected chi connectivity index (χ0v) is 9.39. The fourth-order valence-electron chi connectivity index (χ4n) is 1.71. The van der Waals surface area contributed by atoms with E-state index >= 15 is 0 Å². The van der Waals surface area contributed by atoms with Crippen LogP contribution in [0, 0.1) is 0 Å². The molecule has 0 spiro atoms. The van der Waals surface area contributed by atoms with E-state index < -0.39 is 0 Å². The number of fused-ring (bicyclic) bond motifs is 1.